The molecule has 0 spiro atoms. The summed E-state index contributed by atoms with van der Waals surface area (Å²) in [6.45, 7) is 5.06. The molecule has 0 saturated carbocycles. The van der Waals surface area contributed by atoms with E-state index in [2.05, 4.69) is 20.6 Å². The summed E-state index contributed by atoms with van der Waals surface area (Å²) in [5, 5.41) is 6.28. The number of thiazole rings is 1. The number of para-hydroxylation sites is 1. The summed E-state index contributed by atoms with van der Waals surface area (Å²) in [5.74, 6) is -0.370. The van der Waals surface area contributed by atoms with E-state index in [1.165, 1.54) is 22.2 Å². The molecule has 10 heteroatoms. The third kappa shape index (κ3) is 4.36. The van der Waals surface area contributed by atoms with Gasteiger partial charge >= 0.3 is 0 Å². The molecule has 0 radical (unpaired) electrons. The Morgan fingerprint density at radius 2 is 2.00 bits per heavy atom. The first-order chi connectivity index (χ1) is 15.4. The SMILES string of the molecule is CNC(=O)[C@H]1CCCN(c2nc3ncn(CC(=O)Nc4c(C)cccc4C)c(=O)c3s2)C1. The third-order valence-electron chi connectivity index (χ3n) is 5.74. The van der Waals surface area contributed by atoms with Gasteiger partial charge in [0.15, 0.2) is 10.8 Å². The van der Waals surface area contributed by atoms with Crippen LogP contribution in [0.3, 0.4) is 0 Å². The molecule has 9 nitrogen and oxygen atoms in total. The van der Waals surface area contributed by atoms with Crippen molar-refractivity contribution < 1.29 is 9.59 Å². The first-order valence-electron chi connectivity index (χ1n) is 10.6. The van der Waals surface area contributed by atoms with Gasteiger partial charge in [0.2, 0.25) is 11.8 Å². The van der Waals surface area contributed by atoms with E-state index in [1.807, 2.05) is 36.9 Å². The molecular weight excluding hydrogens is 428 g/mol. The van der Waals surface area contributed by atoms with Gasteiger partial charge in [-0.1, -0.05) is 29.5 Å². The number of aromatic nitrogens is 3. The fourth-order valence-electron chi connectivity index (χ4n) is 4.00. The molecule has 2 N–H and O–H groups in total. The topological polar surface area (TPSA) is 109 Å². The second-order valence-corrected chi connectivity index (χ2v) is 9.02. The summed E-state index contributed by atoms with van der Waals surface area (Å²) < 4.78 is 1.71. The van der Waals surface area contributed by atoms with Gasteiger partial charge in [0.1, 0.15) is 17.6 Å². The van der Waals surface area contributed by atoms with Gasteiger partial charge in [0.05, 0.1) is 5.92 Å². The smallest absolute Gasteiger partial charge is 0.273 e. The van der Waals surface area contributed by atoms with Gasteiger partial charge in [0, 0.05) is 25.8 Å². The van der Waals surface area contributed by atoms with Gasteiger partial charge in [-0.15, -0.1) is 0 Å². The molecule has 0 bridgehead atoms. The maximum Gasteiger partial charge on any atom is 0.273 e. The van der Waals surface area contributed by atoms with Crippen LogP contribution in [0.5, 0.6) is 0 Å². The molecule has 4 rings (SSSR count). The maximum absolute atomic E-state index is 13.0. The van der Waals surface area contributed by atoms with Crippen molar-refractivity contribution in [3.8, 4) is 0 Å². The van der Waals surface area contributed by atoms with Crippen molar-refractivity contribution in [2.75, 3.05) is 30.4 Å². The average molecular weight is 455 g/mol. The molecule has 0 aliphatic carbocycles. The van der Waals surface area contributed by atoms with Gasteiger partial charge in [-0.3, -0.25) is 19.0 Å². The third-order valence-corrected chi connectivity index (χ3v) is 6.83. The summed E-state index contributed by atoms with van der Waals surface area (Å²) >= 11 is 1.26. The van der Waals surface area contributed by atoms with Gasteiger partial charge in [-0.25, -0.2) is 4.98 Å². The fourth-order valence-corrected chi connectivity index (χ4v) is 5.00. The highest BCUT2D eigenvalue weighted by molar-refractivity contribution is 7.22. The number of hydrogen-bond acceptors (Lipinski definition) is 7. The van der Waals surface area contributed by atoms with Crippen LogP contribution in [0.4, 0.5) is 10.8 Å². The Balaban J connectivity index is 1.54. The first kappa shape index (κ1) is 21.9. The minimum absolute atomic E-state index is 0.0196. The maximum atomic E-state index is 13.0. The first-order valence-corrected chi connectivity index (χ1v) is 11.4. The normalized spacial score (nSPS) is 16.2. The molecule has 32 heavy (non-hydrogen) atoms. The number of rotatable bonds is 5. The van der Waals surface area contributed by atoms with Gasteiger partial charge in [-0.05, 0) is 37.8 Å². The predicted molar refractivity (Wildman–Crippen MR) is 125 cm³/mol. The summed E-state index contributed by atoms with van der Waals surface area (Å²) in [6, 6.07) is 5.79. The lowest BCUT2D eigenvalue weighted by molar-refractivity contribution is -0.124. The minimum Gasteiger partial charge on any atom is -0.359 e. The minimum atomic E-state index is -0.296. The Morgan fingerprint density at radius 3 is 2.72 bits per heavy atom. The highest BCUT2D eigenvalue weighted by Gasteiger charge is 2.27. The Kier molecular flexibility index (Phi) is 6.22. The quantitative estimate of drug-likeness (QED) is 0.611. The number of benzene rings is 1. The van der Waals surface area contributed by atoms with E-state index >= 15 is 0 Å². The zero-order chi connectivity index (χ0) is 22.8. The highest BCUT2D eigenvalue weighted by Crippen LogP contribution is 2.29. The zero-order valence-electron chi connectivity index (χ0n) is 18.3. The second-order valence-electron chi connectivity index (χ2n) is 8.04. The molecule has 1 aliphatic heterocycles. The molecule has 3 heterocycles. The molecule has 0 unspecified atom stereocenters. The summed E-state index contributed by atoms with van der Waals surface area (Å²) in [6.07, 6.45) is 3.08. The molecule has 168 valence electrons. The van der Waals surface area contributed by atoms with Crippen LogP contribution >= 0.6 is 11.3 Å². The number of carbonyl (C=O) groups excluding carboxylic acids is 2. The number of nitrogens with zero attached hydrogens (tertiary/aromatic N) is 4. The molecule has 1 saturated heterocycles. The summed E-state index contributed by atoms with van der Waals surface area (Å²) in [5.41, 5.74) is 2.75. The lowest BCUT2D eigenvalue weighted by Crippen LogP contribution is -2.42. The number of nitrogens with one attached hydrogen (secondary N) is 2. The van der Waals surface area contributed by atoms with Crippen molar-refractivity contribution in [1.82, 2.24) is 19.9 Å². The number of anilines is 2. The lowest BCUT2D eigenvalue weighted by atomic mass is 9.98. The number of aryl methyl sites for hydroxylation is 2. The van der Waals surface area contributed by atoms with Crippen LogP contribution in [0, 0.1) is 19.8 Å². The second kappa shape index (κ2) is 9.07. The van der Waals surface area contributed by atoms with E-state index in [4.69, 9.17) is 0 Å². The van der Waals surface area contributed by atoms with E-state index in [-0.39, 0.29) is 29.8 Å². The van der Waals surface area contributed by atoms with Gasteiger partial charge in [0.25, 0.3) is 5.56 Å². The Hall–Kier alpha value is -3.27. The monoisotopic (exact) mass is 454 g/mol. The Bertz CT molecular complexity index is 1210. The van der Waals surface area contributed by atoms with Crippen LogP contribution in [0.25, 0.3) is 10.3 Å². The Labute approximate surface area is 189 Å². The van der Waals surface area contributed by atoms with E-state index < -0.39 is 0 Å². The van der Waals surface area contributed by atoms with Crippen molar-refractivity contribution in [3.63, 3.8) is 0 Å². The highest BCUT2D eigenvalue weighted by atomic mass is 32.1. The molecule has 2 amide bonds. The lowest BCUT2D eigenvalue weighted by Gasteiger charge is -2.31. The Morgan fingerprint density at radius 1 is 1.25 bits per heavy atom. The van der Waals surface area contributed by atoms with Crippen molar-refractivity contribution in [1.29, 1.82) is 0 Å². The predicted octanol–water partition coefficient (Wildman–Crippen LogP) is 2.07. The van der Waals surface area contributed by atoms with E-state index in [0.717, 1.165) is 36.2 Å². The molecule has 1 fully saturated rings. The molecular formula is C22H26N6O3S. The molecule has 3 aromatic rings. The van der Waals surface area contributed by atoms with Gasteiger partial charge in [-0.2, -0.15) is 4.98 Å². The molecule has 2 aromatic heterocycles. The number of fused-ring (bicyclic) bond motifs is 1. The summed E-state index contributed by atoms with van der Waals surface area (Å²) in [7, 11) is 1.64. The van der Waals surface area contributed by atoms with E-state index in [9.17, 15) is 14.4 Å². The fraction of sp³-hybridized carbons (Fsp3) is 0.409. The van der Waals surface area contributed by atoms with Gasteiger partial charge < -0.3 is 15.5 Å². The number of piperidine rings is 1. The van der Waals surface area contributed by atoms with Crippen molar-refractivity contribution in [3.05, 3.63) is 46.0 Å². The number of carbonyl (C=O) groups is 2. The number of hydrogen-bond donors (Lipinski definition) is 2. The number of amides is 2. The van der Waals surface area contributed by atoms with E-state index in [0.29, 0.717) is 22.0 Å². The largest absolute Gasteiger partial charge is 0.359 e. The summed E-state index contributed by atoms with van der Waals surface area (Å²) in [4.78, 5) is 48.5. The van der Waals surface area contributed by atoms with Crippen molar-refractivity contribution in [2.24, 2.45) is 5.92 Å². The van der Waals surface area contributed by atoms with Crippen LogP contribution < -0.4 is 21.1 Å². The van der Waals surface area contributed by atoms with Crippen molar-refractivity contribution in [2.45, 2.75) is 33.2 Å². The van der Waals surface area contributed by atoms with Crippen molar-refractivity contribution >= 4 is 44.3 Å². The molecule has 1 aliphatic rings. The van der Waals surface area contributed by atoms with Crippen LogP contribution in [0.1, 0.15) is 24.0 Å². The standard InChI is InChI=1S/C22H26N6O3S/c1-13-6-4-7-14(2)17(13)25-16(29)11-28-12-24-19-18(21(28)31)32-22(26-19)27-9-5-8-15(10-27)20(30)23-3/h4,6-7,12,15H,5,8-11H2,1-3H3,(H,23,30)(H,25,29)/t15-/m0/s1. The zero-order valence-corrected chi connectivity index (χ0v) is 19.2. The van der Waals surface area contributed by atoms with Crippen LogP contribution in [0.15, 0.2) is 29.3 Å². The van der Waals surface area contributed by atoms with Crippen LogP contribution in [-0.4, -0.2) is 46.5 Å². The van der Waals surface area contributed by atoms with Crippen LogP contribution in [0.2, 0.25) is 0 Å². The average Bonchev–Trinajstić information content (AvgIpc) is 3.23. The molecule has 1 atom stereocenters. The van der Waals surface area contributed by atoms with E-state index in [1.54, 1.807) is 7.05 Å². The van der Waals surface area contributed by atoms with Crippen LogP contribution in [-0.2, 0) is 16.1 Å². The molecule has 1 aromatic carbocycles.